The van der Waals surface area contributed by atoms with Crippen molar-refractivity contribution in [2.24, 2.45) is 0 Å². The molecule has 4 aromatic rings. The molecular weight excluding hydrogens is 408 g/mol. The minimum Gasteiger partial charge on any atom is -0.469 e. The van der Waals surface area contributed by atoms with E-state index in [2.05, 4.69) is 22.4 Å². The van der Waals surface area contributed by atoms with Gasteiger partial charge in [-0.2, -0.15) is 0 Å². The third kappa shape index (κ3) is 4.41. The summed E-state index contributed by atoms with van der Waals surface area (Å²) in [5.74, 6) is 1.61. The van der Waals surface area contributed by atoms with E-state index < -0.39 is 0 Å². The zero-order valence-electron chi connectivity index (χ0n) is 17.8. The quantitative estimate of drug-likeness (QED) is 0.394. The largest absolute Gasteiger partial charge is 0.469 e. The van der Waals surface area contributed by atoms with E-state index in [4.69, 9.17) is 4.42 Å². The molecule has 0 saturated heterocycles. The fourth-order valence-electron chi connectivity index (χ4n) is 3.47. The van der Waals surface area contributed by atoms with Gasteiger partial charge in [-0.15, -0.1) is 10.2 Å². The van der Waals surface area contributed by atoms with E-state index in [9.17, 15) is 4.79 Å². The summed E-state index contributed by atoms with van der Waals surface area (Å²) >= 11 is 1.36. The van der Waals surface area contributed by atoms with E-state index >= 15 is 0 Å². The van der Waals surface area contributed by atoms with Gasteiger partial charge in [0.05, 0.1) is 17.6 Å². The van der Waals surface area contributed by atoms with Crippen LogP contribution >= 0.6 is 11.8 Å². The number of aryl methyl sites for hydroxylation is 3. The summed E-state index contributed by atoms with van der Waals surface area (Å²) in [6, 6.07) is 17.8. The summed E-state index contributed by atoms with van der Waals surface area (Å²) in [6.45, 7) is 5.99. The fourth-order valence-corrected chi connectivity index (χ4v) is 4.22. The standard InChI is InChI=1S/C24H24N4O2S/c1-4-18-10-8-9-16(2)22(18)25-21(29)15-31-24-27-26-23(20-13-14-30-17(20)3)28(24)19-11-6-5-7-12-19/h5-14H,4,15H2,1-3H3,(H,25,29). The van der Waals surface area contributed by atoms with Gasteiger partial charge in [-0.1, -0.05) is 55.1 Å². The molecule has 1 N–H and O–H groups in total. The maximum atomic E-state index is 12.7. The zero-order valence-corrected chi connectivity index (χ0v) is 18.6. The molecule has 4 rings (SSSR count). The van der Waals surface area contributed by atoms with Crippen molar-refractivity contribution in [2.75, 3.05) is 11.1 Å². The second-order valence-electron chi connectivity index (χ2n) is 7.17. The molecule has 1 amide bonds. The number of carbonyl (C=O) groups excluding carboxylic acids is 1. The predicted molar refractivity (Wildman–Crippen MR) is 124 cm³/mol. The third-order valence-electron chi connectivity index (χ3n) is 5.08. The number of carbonyl (C=O) groups is 1. The molecule has 0 aliphatic carbocycles. The summed E-state index contributed by atoms with van der Waals surface area (Å²) in [6.07, 6.45) is 2.50. The number of nitrogens with one attached hydrogen (secondary N) is 1. The first-order valence-corrected chi connectivity index (χ1v) is 11.1. The molecule has 0 aliphatic rings. The van der Waals surface area contributed by atoms with Crippen LogP contribution in [0.25, 0.3) is 17.1 Å². The fraction of sp³-hybridized carbons (Fsp3) is 0.208. The van der Waals surface area contributed by atoms with E-state index in [1.807, 2.05) is 73.0 Å². The highest BCUT2D eigenvalue weighted by molar-refractivity contribution is 7.99. The van der Waals surface area contributed by atoms with Gasteiger partial charge in [0.2, 0.25) is 5.91 Å². The Balaban J connectivity index is 1.59. The average Bonchev–Trinajstić information content (AvgIpc) is 3.39. The second-order valence-corrected chi connectivity index (χ2v) is 8.11. The van der Waals surface area contributed by atoms with E-state index in [0.717, 1.165) is 40.2 Å². The number of anilines is 1. The van der Waals surface area contributed by atoms with E-state index in [1.54, 1.807) is 6.26 Å². The van der Waals surface area contributed by atoms with Crippen LogP contribution in [0.15, 0.2) is 70.4 Å². The Morgan fingerprint density at radius 1 is 1.06 bits per heavy atom. The summed E-state index contributed by atoms with van der Waals surface area (Å²) in [5.41, 5.74) is 4.89. The van der Waals surface area contributed by atoms with Crippen molar-refractivity contribution in [1.82, 2.24) is 14.8 Å². The Labute approximate surface area is 185 Å². The molecule has 2 heterocycles. The van der Waals surface area contributed by atoms with Gasteiger partial charge in [-0.05, 0) is 49.6 Å². The lowest BCUT2D eigenvalue weighted by Gasteiger charge is -2.13. The molecule has 0 unspecified atom stereocenters. The van der Waals surface area contributed by atoms with Crippen molar-refractivity contribution in [1.29, 1.82) is 0 Å². The van der Waals surface area contributed by atoms with Crippen molar-refractivity contribution in [3.8, 4) is 17.1 Å². The van der Waals surface area contributed by atoms with Crippen LogP contribution in [0, 0.1) is 13.8 Å². The van der Waals surface area contributed by atoms with E-state index in [-0.39, 0.29) is 11.7 Å². The first-order chi connectivity index (χ1) is 15.1. The molecule has 7 heteroatoms. The number of furan rings is 1. The van der Waals surface area contributed by atoms with Crippen LogP contribution in [0.1, 0.15) is 23.8 Å². The number of amides is 1. The van der Waals surface area contributed by atoms with Gasteiger partial charge in [0.1, 0.15) is 5.76 Å². The second kappa shape index (κ2) is 9.22. The summed E-state index contributed by atoms with van der Waals surface area (Å²) in [4.78, 5) is 12.7. The summed E-state index contributed by atoms with van der Waals surface area (Å²) < 4.78 is 7.42. The number of hydrogen-bond donors (Lipinski definition) is 1. The van der Waals surface area contributed by atoms with Crippen LogP contribution in [0.3, 0.4) is 0 Å². The van der Waals surface area contributed by atoms with Crippen LogP contribution in [-0.4, -0.2) is 26.4 Å². The monoisotopic (exact) mass is 432 g/mol. The Bertz CT molecular complexity index is 1200. The van der Waals surface area contributed by atoms with Crippen LogP contribution in [0.4, 0.5) is 5.69 Å². The number of rotatable bonds is 7. The molecule has 0 aliphatic heterocycles. The van der Waals surface area contributed by atoms with Gasteiger partial charge in [0, 0.05) is 11.4 Å². The summed E-state index contributed by atoms with van der Waals surface area (Å²) in [7, 11) is 0. The molecular formula is C24H24N4O2S. The van der Waals surface area contributed by atoms with Crippen molar-refractivity contribution in [3.63, 3.8) is 0 Å². The molecule has 0 fully saturated rings. The van der Waals surface area contributed by atoms with Gasteiger partial charge >= 0.3 is 0 Å². The molecule has 158 valence electrons. The number of benzene rings is 2. The normalized spacial score (nSPS) is 10.9. The topological polar surface area (TPSA) is 73.0 Å². The number of thioether (sulfide) groups is 1. The lowest BCUT2D eigenvalue weighted by atomic mass is 10.1. The molecule has 2 aromatic carbocycles. The van der Waals surface area contributed by atoms with Crippen LogP contribution in [0.2, 0.25) is 0 Å². The predicted octanol–water partition coefficient (Wildman–Crippen LogP) is 5.44. The molecule has 0 radical (unpaired) electrons. The van der Waals surface area contributed by atoms with E-state index in [1.165, 1.54) is 11.8 Å². The zero-order chi connectivity index (χ0) is 21.8. The highest BCUT2D eigenvalue weighted by Crippen LogP contribution is 2.30. The van der Waals surface area contributed by atoms with Crippen molar-refractivity contribution < 1.29 is 9.21 Å². The minimum absolute atomic E-state index is 0.0716. The minimum atomic E-state index is -0.0716. The summed E-state index contributed by atoms with van der Waals surface area (Å²) in [5, 5.41) is 12.5. The van der Waals surface area contributed by atoms with Crippen molar-refractivity contribution in [2.45, 2.75) is 32.3 Å². The molecule has 0 bridgehead atoms. The third-order valence-corrected chi connectivity index (χ3v) is 6.01. The van der Waals surface area contributed by atoms with E-state index in [0.29, 0.717) is 11.0 Å². The van der Waals surface area contributed by atoms with Gasteiger partial charge in [-0.25, -0.2) is 0 Å². The van der Waals surface area contributed by atoms with Gasteiger partial charge in [0.25, 0.3) is 0 Å². The lowest BCUT2D eigenvalue weighted by molar-refractivity contribution is -0.113. The molecule has 0 atom stereocenters. The van der Waals surface area contributed by atoms with Crippen LogP contribution in [0.5, 0.6) is 0 Å². The Hall–Kier alpha value is -3.32. The van der Waals surface area contributed by atoms with Crippen LogP contribution < -0.4 is 5.32 Å². The number of aromatic nitrogens is 3. The SMILES string of the molecule is CCc1cccc(C)c1NC(=O)CSc1nnc(-c2ccoc2C)n1-c1ccccc1. The molecule has 0 spiro atoms. The molecule has 31 heavy (non-hydrogen) atoms. The Morgan fingerprint density at radius 3 is 2.58 bits per heavy atom. The highest BCUT2D eigenvalue weighted by atomic mass is 32.2. The first-order valence-electron chi connectivity index (χ1n) is 10.1. The Morgan fingerprint density at radius 2 is 1.87 bits per heavy atom. The average molecular weight is 433 g/mol. The molecule has 6 nitrogen and oxygen atoms in total. The Kier molecular flexibility index (Phi) is 6.23. The first kappa shape index (κ1) is 20.9. The smallest absolute Gasteiger partial charge is 0.234 e. The molecule has 2 aromatic heterocycles. The van der Waals surface area contributed by atoms with Gasteiger partial charge in [-0.3, -0.25) is 9.36 Å². The number of hydrogen-bond acceptors (Lipinski definition) is 5. The van der Waals surface area contributed by atoms with Crippen molar-refractivity contribution in [3.05, 3.63) is 77.7 Å². The number of nitrogens with zero attached hydrogens (tertiary/aromatic N) is 3. The lowest BCUT2D eigenvalue weighted by Crippen LogP contribution is -2.16. The van der Waals surface area contributed by atoms with Crippen LogP contribution in [-0.2, 0) is 11.2 Å². The maximum absolute atomic E-state index is 12.7. The van der Waals surface area contributed by atoms with Crippen molar-refractivity contribution >= 4 is 23.4 Å². The number of para-hydroxylation sites is 2. The maximum Gasteiger partial charge on any atom is 0.234 e. The van der Waals surface area contributed by atoms with Gasteiger partial charge in [0.15, 0.2) is 11.0 Å². The van der Waals surface area contributed by atoms with Gasteiger partial charge < -0.3 is 9.73 Å². The highest BCUT2D eigenvalue weighted by Gasteiger charge is 2.20. The molecule has 0 saturated carbocycles.